The van der Waals surface area contributed by atoms with Gasteiger partial charge in [-0.2, -0.15) is 0 Å². The lowest BCUT2D eigenvalue weighted by molar-refractivity contribution is 0.435. The third-order valence-electron chi connectivity index (χ3n) is 1.72. The monoisotopic (exact) mass is 171 g/mol. The van der Waals surface area contributed by atoms with Gasteiger partial charge in [0, 0.05) is 11.6 Å². The van der Waals surface area contributed by atoms with Crippen LogP contribution in [0.25, 0.3) is 0 Å². The lowest BCUT2D eigenvalue weighted by atomic mass is 10.1. The number of hydrogen-bond acceptors (Lipinski definition) is 1. The smallest absolute Gasteiger partial charge is 0.127 e. The van der Waals surface area contributed by atoms with Crippen LogP contribution in [0.1, 0.15) is 18.0 Å². The molecule has 1 aromatic rings. The lowest BCUT2D eigenvalue weighted by Gasteiger charge is -2.09. The Morgan fingerprint density at radius 1 is 1.33 bits per heavy atom. The average molecular weight is 171 g/mol. The SMILES string of the molecule is N[C@@H](CCF)c1ccccc1F. The molecule has 66 valence electrons. The summed E-state index contributed by atoms with van der Waals surface area (Å²) in [4.78, 5) is 0. The summed E-state index contributed by atoms with van der Waals surface area (Å²) in [6.45, 7) is -0.518. The Bertz CT molecular complexity index is 250. The largest absolute Gasteiger partial charge is 0.324 e. The van der Waals surface area contributed by atoms with Crippen molar-refractivity contribution < 1.29 is 8.78 Å². The van der Waals surface area contributed by atoms with Crippen LogP contribution < -0.4 is 5.73 Å². The fourth-order valence-corrected chi connectivity index (χ4v) is 1.05. The molecule has 0 amide bonds. The Morgan fingerprint density at radius 2 is 2.00 bits per heavy atom. The van der Waals surface area contributed by atoms with Crippen LogP contribution in [-0.2, 0) is 0 Å². The first-order chi connectivity index (χ1) is 5.75. The van der Waals surface area contributed by atoms with Crippen molar-refractivity contribution in [1.29, 1.82) is 0 Å². The van der Waals surface area contributed by atoms with E-state index >= 15 is 0 Å². The molecule has 2 N–H and O–H groups in total. The van der Waals surface area contributed by atoms with Crippen LogP contribution in [0.3, 0.4) is 0 Å². The standard InChI is InChI=1S/C9H11F2N/c10-6-5-9(12)7-3-1-2-4-8(7)11/h1-4,9H,5-6,12H2/t9-/m0/s1. The van der Waals surface area contributed by atoms with E-state index in [9.17, 15) is 8.78 Å². The number of benzene rings is 1. The van der Waals surface area contributed by atoms with Gasteiger partial charge in [0.2, 0.25) is 0 Å². The molecule has 0 spiro atoms. The van der Waals surface area contributed by atoms with E-state index in [0.29, 0.717) is 5.56 Å². The third kappa shape index (κ3) is 2.01. The molecule has 0 fully saturated rings. The highest BCUT2D eigenvalue weighted by atomic mass is 19.1. The van der Waals surface area contributed by atoms with Gasteiger partial charge in [0.05, 0.1) is 6.67 Å². The topological polar surface area (TPSA) is 26.0 Å². The predicted molar refractivity (Wildman–Crippen MR) is 43.9 cm³/mol. The minimum atomic E-state index is -0.531. The summed E-state index contributed by atoms with van der Waals surface area (Å²) >= 11 is 0. The molecule has 1 aromatic carbocycles. The van der Waals surface area contributed by atoms with Gasteiger partial charge < -0.3 is 5.73 Å². The van der Waals surface area contributed by atoms with Crippen LogP contribution in [0.5, 0.6) is 0 Å². The summed E-state index contributed by atoms with van der Waals surface area (Å²) in [6.07, 6.45) is 0.168. The number of hydrogen-bond donors (Lipinski definition) is 1. The van der Waals surface area contributed by atoms with Crippen molar-refractivity contribution in [2.75, 3.05) is 6.67 Å². The zero-order valence-corrected chi connectivity index (χ0v) is 6.63. The van der Waals surface area contributed by atoms with E-state index in [0.717, 1.165) is 0 Å². The number of alkyl halides is 1. The molecule has 0 saturated carbocycles. The van der Waals surface area contributed by atoms with Crippen LogP contribution in [-0.4, -0.2) is 6.67 Å². The zero-order chi connectivity index (χ0) is 8.97. The molecular weight excluding hydrogens is 160 g/mol. The fraction of sp³-hybridized carbons (Fsp3) is 0.333. The second-order valence-corrected chi connectivity index (χ2v) is 2.61. The Kier molecular flexibility index (Phi) is 3.17. The summed E-state index contributed by atoms with van der Waals surface area (Å²) in [6, 6.07) is 5.65. The number of nitrogens with two attached hydrogens (primary N) is 1. The minimum Gasteiger partial charge on any atom is -0.324 e. The van der Waals surface area contributed by atoms with Gasteiger partial charge in [0.15, 0.2) is 0 Å². The van der Waals surface area contributed by atoms with E-state index in [1.54, 1.807) is 18.2 Å². The van der Waals surface area contributed by atoms with Crippen molar-refractivity contribution >= 4 is 0 Å². The zero-order valence-electron chi connectivity index (χ0n) is 6.63. The molecule has 0 aliphatic heterocycles. The molecule has 12 heavy (non-hydrogen) atoms. The highest BCUT2D eigenvalue weighted by molar-refractivity contribution is 5.20. The van der Waals surface area contributed by atoms with Gasteiger partial charge in [0.25, 0.3) is 0 Å². The van der Waals surface area contributed by atoms with E-state index in [-0.39, 0.29) is 12.2 Å². The molecule has 1 rings (SSSR count). The lowest BCUT2D eigenvalue weighted by Crippen LogP contribution is -2.12. The van der Waals surface area contributed by atoms with Crippen LogP contribution in [0.2, 0.25) is 0 Å². The summed E-state index contributed by atoms with van der Waals surface area (Å²) in [5, 5.41) is 0. The Morgan fingerprint density at radius 3 is 2.58 bits per heavy atom. The first-order valence-electron chi connectivity index (χ1n) is 3.81. The first kappa shape index (κ1) is 9.13. The van der Waals surface area contributed by atoms with Crippen molar-refractivity contribution in [3.05, 3.63) is 35.6 Å². The van der Waals surface area contributed by atoms with Gasteiger partial charge in [-0.15, -0.1) is 0 Å². The molecule has 1 nitrogen and oxygen atoms in total. The van der Waals surface area contributed by atoms with Crippen molar-refractivity contribution in [3.63, 3.8) is 0 Å². The van der Waals surface area contributed by atoms with Gasteiger partial charge in [-0.3, -0.25) is 4.39 Å². The molecule has 3 heteroatoms. The van der Waals surface area contributed by atoms with Crippen molar-refractivity contribution in [2.24, 2.45) is 5.73 Å². The van der Waals surface area contributed by atoms with Gasteiger partial charge >= 0.3 is 0 Å². The maximum atomic E-state index is 13.0. The normalized spacial score (nSPS) is 12.9. The number of halogens is 2. The minimum absolute atomic E-state index is 0.168. The van der Waals surface area contributed by atoms with Gasteiger partial charge in [-0.05, 0) is 12.5 Å². The van der Waals surface area contributed by atoms with E-state index in [4.69, 9.17) is 5.73 Å². The highest BCUT2D eigenvalue weighted by Gasteiger charge is 2.09. The fourth-order valence-electron chi connectivity index (χ4n) is 1.05. The molecule has 1 atom stereocenters. The van der Waals surface area contributed by atoms with Crippen molar-refractivity contribution in [1.82, 2.24) is 0 Å². The van der Waals surface area contributed by atoms with Crippen molar-refractivity contribution in [3.8, 4) is 0 Å². The Labute approximate surface area is 70.2 Å². The predicted octanol–water partition coefficient (Wildman–Crippen LogP) is 2.19. The molecule has 0 aliphatic carbocycles. The van der Waals surface area contributed by atoms with E-state index in [1.165, 1.54) is 6.07 Å². The summed E-state index contributed by atoms with van der Waals surface area (Å²) in [7, 11) is 0. The summed E-state index contributed by atoms with van der Waals surface area (Å²) in [5.74, 6) is -0.363. The molecule has 0 saturated heterocycles. The number of rotatable bonds is 3. The van der Waals surface area contributed by atoms with Gasteiger partial charge in [0.1, 0.15) is 5.82 Å². The summed E-state index contributed by atoms with van der Waals surface area (Å²) in [5.41, 5.74) is 5.91. The van der Waals surface area contributed by atoms with Crippen molar-refractivity contribution in [2.45, 2.75) is 12.5 Å². The second-order valence-electron chi connectivity index (χ2n) is 2.61. The Balaban J connectivity index is 2.79. The Hall–Kier alpha value is -0.960. The van der Waals surface area contributed by atoms with E-state index < -0.39 is 12.7 Å². The van der Waals surface area contributed by atoms with Crippen LogP contribution in [0.4, 0.5) is 8.78 Å². The van der Waals surface area contributed by atoms with Gasteiger partial charge in [-0.25, -0.2) is 4.39 Å². The van der Waals surface area contributed by atoms with E-state index in [2.05, 4.69) is 0 Å². The first-order valence-corrected chi connectivity index (χ1v) is 3.81. The molecular formula is C9H11F2N. The maximum absolute atomic E-state index is 13.0. The molecule has 0 aliphatic rings. The third-order valence-corrected chi connectivity index (χ3v) is 1.72. The van der Waals surface area contributed by atoms with E-state index in [1.807, 2.05) is 0 Å². The molecule has 0 unspecified atom stereocenters. The molecule has 0 bridgehead atoms. The van der Waals surface area contributed by atoms with Gasteiger partial charge in [-0.1, -0.05) is 18.2 Å². The van der Waals surface area contributed by atoms with Crippen LogP contribution in [0.15, 0.2) is 24.3 Å². The molecule has 0 aromatic heterocycles. The van der Waals surface area contributed by atoms with Crippen LogP contribution >= 0.6 is 0 Å². The maximum Gasteiger partial charge on any atom is 0.127 e. The summed E-state index contributed by atoms with van der Waals surface area (Å²) < 4.78 is 24.8. The highest BCUT2D eigenvalue weighted by Crippen LogP contribution is 2.16. The molecule has 0 radical (unpaired) electrons. The van der Waals surface area contributed by atoms with Crippen LogP contribution in [0, 0.1) is 5.82 Å². The second kappa shape index (κ2) is 4.16. The molecule has 0 heterocycles. The average Bonchev–Trinajstić information content (AvgIpc) is 2.05. The quantitative estimate of drug-likeness (QED) is 0.741.